The van der Waals surface area contributed by atoms with Gasteiger partial charge in [-0.2, -0.15) is 11.8 Å². The monoisotopic (exact) mass is 565 g/mol. The molecule has 3 aliphatic rings. The number of hydrogen-bond donors (Lipinski definition) is 4. The van der Waals surface area contributed by atoms with Crippen molar-refractivity contribution in [2.45, 2.75) is 115 Å². The van der Waals surface area contributed by atoms with E-state index in [0.29, 0.717) is 44.4 Å². The van der Waals surface area contributed by atoms with Gasteiger partial charge in [0.15, 0.2) is 0 Å². The summed E-state index contributed by atoms with van der Waals surface area (Å²) in [6, 6.07) is -1.31. The largest absolute Gasteiger partial charge is 0.450 e. The third-order valence-corrected chi connectivity index (χ3v) is 10.4. The van der Waals surface area contributed by atoms with Crippen LogP contribution in [0.15, 0.2) is 0 Å². The summed E-state index contributed by atoms with van der Waals surface area (Å²) in [4.78, 5) is 41.6. The van der Waals surface area contributed by atoms with E-state index in [0.717, 1.165) is 37.9 Å². The van der Waals surface area contributed by atoms with E-state index in [1.54, 1.807) is 16.7 Å². The van der Waals surface area contributed by atoms with Gasteiger partial charge in [0.2, 0.25) is 11.8 Å². The number of carbonyl (C=O) groups is 3. The number of carbonyl (C=O) groups excluding carboxylic acids is 3. The van der Waals surface area contributed by atoms with Gasteiger partial charge >= 0.3 is 6.09 Å². The lowest BCUT2D eigenvalue weighted by Crippen LogP contribution is -2.60. The predicted molar refractivity (Wildman–Crippen MR) is 157 cm³/mol. The van der Waals surface area contributed by atoms with E-state index in [4.69, 9.17) is 15.9 Å². The average molecular weight is 566 g/mol. The molecule has 9 nitrogen and oxygen atoms in total. The van der Waals surface area contributed by atoms with Crippen LogP contribution < -0.4 is 16.4 Å². The van der Waals surface area contributed by atoms with E-state index >= 15 is 0 Å². The summed E-state index contributed by atoms with van der Waals surface area (Å²) >= 11 is 1.74. The number of likely N-dealkylation sites (tertiary alicyclic amines) is 1. The minimum atomic E-state index is -0.786. The summed E-state index contributed by atoms with van der Waals surface area (Å²) in [5.74, 6) is 2.07. The van der Waals surface area contributed by atoms with Gasteiger partial charge in [-0.3, -0.25) is 15.0 Å². The van der Waals surface area contributed by atoms with Gasteiger partial charge in [-0.1, -0.05) is 26.2 Å². The Labute approximate surface area is 239 Å². The second kappa shape index (κ2) is 15.1. The molecule has 0 radical (unpaired) electrons. The highest BCUT2D eigenvalue weighted by Gasteiger charge is 2.44. The number of thioether (sulfide) groups is 1. The van der Waals surface area contributed by atoms with Crippen LogP contribution in [0.25, 0.3) is 0 Å². The number of alkyl carbamates (subject to hydrolysis) is 1. The third-order valence-electron chi connectivity index (χ3n) is 8.75. The zero-order valence-electron chi connectivity index (χ0n) is 24.3. The van der Waals surface area contributed by atoms with Crippen LogP contribution in [0, 0.1) is 23.2 Å². The SMILES string of the molecule is CCCOC(=O)N[C@@H](C(=O)N1CCC[C@H]1C(=O)NC[C@H]1CC[C@H](C(=N)N)CC1)C(C)(C)SCC1CCCCC1. The van der Waals surface area contributed by atoms with Crippen molar-refractivity contribution in [1.82, 2.24) is 15.5 Å². The molecule has 1 aliphatic heterocycles. The number of nitrogens with zero attached hydrogens (tertiary/aromatic N) is 1. The molecular weight excluding hydrogens is 514 g/mol. The Kier molecular flexibility index (Phi) is 12.3. The van der Waals surface area contributed by atoms with E-state index in [1.807, 2.05) is 20.8 Å². The van der Waals surface area contributed by atoms with Gasteiger partial charge in [-0.15, -0.1) is 0 Å². The molecule has 2 atom stereocenters. The van der Waals surface area contributed by atoms with Gasteiger partial charge in [0.05, 0.1) is 12.4 Å². The summed E-state index contributed by atoms with van der Waals surface area (Å²) in [5.41, 5.74) is 5.67. The van der Waals surface area contributed by atoms with E-state index in [9.17, 15) is 14.4 Å². The second-order valence-corrected chi connectivity index (χ2v) is 13.9. The number of ether oxygens (including phenoxy) is 1. The van der Waals surface area contributed by atoms with Crippen molar-refractivity contribution in [2.24, 2.45) is 23.5 Å². The van der Waals surface area contributed by atoms with E-state index in [-0.39, 0.29) is 23.6 Å². The maximum Gasteiger partial charge on any atom is 0.407 e. The lowest BCUT2D eigenvalue weighted by molar-refractivity contribution is -0.140. The molecule has 39 heavy (non-hydrogen) atoms. The van der Waals surface area contributed by atoms with Crippen molar-refractivity contribution in [3.8, 4) is 0 Å². The molecule has 1 saturated heterocycles. The standard InChI is InChI=1S/C29H51N5O4S/c1-4-17-38-28(37)33-24(29(2,3)39-19-21-9-6-5-7-10-21)27(36)34-16-8-11-23(34)26(35)32-18-20-12-14-22(15-13-20)25(30)31/h20-24H,4-19H2,1-3H3,(H3,30,31)(H,32,35)(H,33,37)/t20-,22-,23-,24-/m0/s1. The fourth-order valence-corrected chi connectivity index (χ4v) is 7.49. The minimum Gasteiger partial charge on any atom is -0.450 e. The molecule has 3 amide bonds. The van der Waals surface area contributed by atoms with Gasteiger partial charge < -0.3 is 26.0 Å². The van der Waals surface area contributed by atoms with Crippen molar-refractivity contribution in [2.75, 3.05) is 25.4 Å². The first kappa shape index (κ1) is 31.6. The van der Waals surface area contributed by atoms with Crippen LogP contribution in [0.3, 0.4) is 0 Å². The van der Waals surface area contributed by atoms with Crippen molar-refractivity contribution in [1.29, 1.82) is 5.41 Å². The number of nitrogens with one attached hydrogen (secondary N) is 3. The molecule has 0 aromatic carbocycles. The molecule has 3 rings (SSSR count). The fourth-order valence-electron chi connectivity index (χ4n) is 6.17. The summed E-state index contributed by atoms with van der Waals surface area (Å²) in [5, 5.41) is 13.7. The molecule has 0 unspecified atom stereocenters. The van der Waals surface area contributed by atoms with Crippen LogP contribution in [0.2, 0.25) is 0 Å². The molecule has 0 bridgehead atoms. The maximum absolute atomic E-state index is 14.0. The van der Waals surface area contributed by atoms with Crippen LogP contribution >= 0.6 is 11.8 Å². The number of amides is 3. The highest BCUT2D eigenvalue weighted by atomic mass is 32.2. The number of amidine groups is 1. The van der Waals surface area contributed by atoms with Crippen LogP contribution in [-0.4, -0.2) is 70.9 Å². The first-order valence-corrected chi connectivity index (χ1v) is 16.1. The van der Waals surface area contributed by atoms with Crippen molar-refractivity contribution < 1.29 is 19.1 Å². The lowest BCUT2D eigenvalue weighted by atomic mass is 9.81. The topological polar surface area (TPSA) is 138 Å². The zero-order valence-corrected chi connectivity index (χ0v) is 25.1. The van der Waals surface area contributed by atoms with Crippen molar-refractivity contribution >= 4 is 35.5 Å². The summed E-state index contributed by atoms with van der Waals surface area (Å²) in [6.45, 7) is 7.35. The van der Waals surface area contributed by atoms with Gasteiger partial charge in [0.1, 0.15) is 12.1 Å². The van der Waals surface area contributed by atoms with Crippen LogP contribution in [0.5, 0.6) is 0 Å². The van der Waals surface area contributed by atoms with Gasteiger partial charge in [-0.05, 0) is 89.2 Å². The molecule has 2 aliphatic carbocycles. The van der Waals surface area contributed by atoms with E-state index in [1.165, 1.54) is 32.1 Å². The Morgan fingerprint density at radius 1 is 1.03 bits per heavy atom. The van der Waals surface area contributed by atoms with Gasteiger partial charge in [-0.25, -0.2) is 4.79 Å². The molecule has 10 heteroatoms. The summed E-state index contributed by atoms with van der Waals surface area (Å²) < 4.78 is 4.74. The van der Waals surface area contributed by atoms with Crippen molar-refractivity contribution in [3.63, 3.8) is 0 Å². The quantitative estimate of drug-likeness (QED) is 0.204. The molecule has 222 valence electrons. The van der Waals surface area contributed by atoms with Crippen LogP contribution in [0.4, 0.5) is 4.79 Å². The Hall–Kier alpha value is -1.97. The maximum atomic E-state index is 14.0. The van der Waals surface area contributed by atoms with E-state index in [2.05, 4.69) is 10.6 Å². The Bertz CT molecular complexity index is 840. The predicted octanol–water partition coefficient (Wildman–Crippen LogP) is 4.43. The van der Waals surface area contributed by atoms with Gasteiger partial charge in [0, 0.05) is 23.8 Å². The first-order valence-electron chi connectivity index (χ1n) is 15.1. The van der Waals surface area contributed by atoms with Crippen LogP contribution in [-0.2, 0) is 14.3 Å². The molecule has 0 spiro atoms. The Balaban J connectivity index is 1.63. The second-order valence-electron chi connectivity index (χ2n) is 12.2. The first-order chi connectivity index (χ1) is 18.6. The molecule has 0 aromatic heterocycles. The smallest absolute Gasteiger partial charge is 0.407 e. The zero-order chi connectivity index (χ0) is 28.4. The molecule has 0 aromatic rings. The highest BCUT2D eigenvalue weighted by molar-refractivity contribution is 8.00. The molecule has 3 fully saturated rings. The number of rotatable bonds is 12. The van der Waals surface area contributed by atoms with Gasteiger partial charge in [0.25, 0.3) is 0 Å². The summed E-state index contributed by atoms with van der Waals surface area (Å²) in [7, 11) is 0. The van der Waals surface area contributed by atoms with Crippen molar-refractivity contribution in [3.05, 3.63) is 0 Å². The number of hydrogen-bond acceptors (Lipinski definition) is 6. The average Bonchev–Trinajstić information content (AvgIpc) is 3.43. The molecule has 2 saturated carbocycles. The highest BCUT2D eigenvalue weighted by Crippen LogP contribution is 2.36. The molecule has 5 N–H and O–H groups in total. The fraction of sp³-hybridized carbons (Fsp3) is 0.862. The normalized spacial score (nSPS) is 25.1. The Morgan fingerprint density at radius 2 is 1.72 bits per heavy atom. The lowest BCUT2D eigenvalue weighted by Gasteiger charge is -2.38. The minimum absolute atomic E-state index is 0.116. The van der Waals surface area contributed by atoms with Crippen LogP contribution in [0.1, 0.15) is 97.8 Å². The molecular formula is C29H51N5O4S. The Morgan fingerprint density at radius 3 is 2.36 bits per heavy atom. The summed E-state index contributed by atoms with van der Waals surface area (Å²) in [6.07, 6.45) is 11.4. The third kappa shape index (κ3) is 9.29. The number of nitrogens with two attached hydrogens (primary N) is 1. The molecule has 1 heterocycles. The van der Waals surface area contributed by atoms with E-state index < -0.39 is 22.9 Å².